The van der Waals surface area contributed by atoms with Crippen LogP contribution in [0.1, 0.15) is 17.3 Å². The predicted molar refractivity (Wildman–Crippen MR) is 81.4 cm³/mol. The number of carbonyl (C=O) groups excluding carboxylic acids is 1. The van der Waals surface area contributed by atoms with E-state index in [1.54, 1.807) is 6.07 Å². The van der Waals surface area contributed by atoms with E-state index in [-0.39, 0.29) is 17.0 Å². The fourth-order valence-corrected chi connectivity index (χ4v) is 2.34. The summed E-state index contributed by atoms with van der Waals surface area (Å²) in [6, 6.07) is 11.4. The van der Waals surface area contributed by atoms with Crippen molar-refractivity contribution in [2.24, 2.45) is 0 Å². The average molecular weight is 303 g/mol. The van der Waals surface area contributed by atoms with Gasteiger partial charge >= 0.3 is 0 Å². The normalized spacial score (nSPS) is 10.2. The lowest BCUT2D eigenvalue weighted by atomic mass is 10.1. The van der Waals surface area contributed by atoms with E-state index in [4.69, 9.17) is 4.74 Å². The van der Waals surface area contributed by atoms with Gasteiger partial charge in [0.15, 0.2) is 5.78 Å². The van der Waals surface area contributed by atoms with Crippen molar-refractivity contribution in [2.75, 3.05) is 6.26 Å². The molecule has 0 heterocycles. The number of ether oxygens (including phenoxy) is 1. The van der Waals surface area contributed by atoms with E-state index in [9.17, 15) is 14.9 Å². The van der Waals surface area contributed by atoms with Gasteiger partial charge in [0.1, 0.15) is 11.5 Å². The highest BCUT2D eigenvalue weighted by molar-refractivity contribution is 7.98. The van der Waals surface area contributed by atoms with E-state index in [1.165, 1.54) is 36.9 Å². The maximum Gasteiger partial charge on any atom is 0.270 e. The Labute approximate surface area is 126 Å². The Balaban J connectivity index is 2.44. The molecule has 2 aromatic carbocycles. The topological polar surface area (TPSA) is 69.4 Å². The summed E-state index contributed by atoms with van der Waals surface area (Å²) in [6.07, 6.45) is 1.92. The highest BCUT2D eigenvalue weighted by atomic mass is 32.2. The lowest BCUT2D eigenvalue weighted by Crippen LogP contribution is -1.99. The standard InChI is InChI=1S/C15H13NO4S/c1-10(17)12-9-11(16(18)19)7-8-13(12)20-14-5-3-4-6-15(14)21-2/h3-9H,1-2H3. The van der Waals surface area contributed by atoms with Gasteiger partial charge in [-0.05, 0) is 31.4 Å². The summed E-state index contributed by atoms with van der Waals surface area (Å²) in [6.45, 7) is 1.35. The van der Waals surface area contributed by atoms with E-state index < -0.39 is 4.92 Å². The lowest BCUT2D eigenvalue weighted by Gasteiger charge is -2.11. The number of nitrogens with zero attached hydrogens (tertiary/aromatic N) is 1. The number of thioether (sulfide) groups is 1. The number of non-ortho nitro benzene ring substituents is 1. The molecule has 0 saturated heterocycles. The van der Waals surface area contributed by atoms with Crippen LogP contribution in [0.5, 0.6) is 11.5 Å². The second kappa shape index (κ2) is 6.41. The van der Waals surface area contributed by atoms with Crippen molar-refractivity contribution in [2.45, 2.75) is 11.8 Å². The van der Waals surface area contributed by atoms with Crippen molar-refractivity contribution in [1.82, 2.24) is 0 Å². The SMILES string of the molecule is CSc1ccccc1Oc1ccc([N+](=O)[O-])cc1C(C)=O. The minimum atomic E-state index is -0.536. The van der Waals surface area contributed by atoms with Crippen LogP contribution in [0, 0.1) is 10.1 Å². The number of hydrogen-bond donors (Lipinski definition) is 0. The minimum absolute atomic E-state index is 0.134. The number of benzene rings is 2. The molecule has 0 atom stereocenters. The van der Waals surface area contributed by atoms with Crippen molar-refractivity contribution in [1.29, 1.82) is 0 Å². The van der Waals surface area contributed by atoms with Crippen LogP contribution in [0.15, 0.2) is 47.4 Å². The summed E-state index contributed by atoms with van der Waals surface area (Å²) >= 11 is 1.52. The Morgan fingerprint density at radius 2 is 1.90 bits per heavy atom. The zero-order valence-electron chi connectivity index (χ0n) is 11.5. The molecule has 2 rings (SSSR count). The summed E-state index contributed by atoms with van der Waals surface area (Å²) in [5, 5.41) is 10.8. The van der Waals surface area contributed by atoms with E-state index in [2.05, 4.69) is 0 Å². The van der Waals surface area contributed by atoms with Gasteiger partial charge in [0.25, 0.3) is 5.69 Å². The van der Waals surface area contributed by atoms with Gasteiger partial charge < -0.3 is 4.74 Å². The first-order valence-electron chi connectivity index (χ1n) is 6.13. The number of Topliss-reactive ketones (excluding diaryl/α,β-unsaturated/α-hetero) is 1. The summed E-state index contributed by atoms with van der Waals surface area (Å²) < 4.78 is 5.76. The molecule has 6 heteroatoms. The molecular weight excluding hydrogens is 290 g/mol. The summed E-state index contributed by atoms with van der Waals surface area (Å²) in [4.78, 5) is 22.9. The molecule has 0 aliphatic carbocycles. The Morgan fingerprint density at radius 3 is 2.52 bits per heavy atom. The number of nitro groups is 1. The van der Waals surface area contributed by atoms with E-state index in [0.717, 1.165) is 4.90 Å². The third-order valence-electron chi connectivity index (χ3n) is 2.84. The maximum atomic E-state index is 11.7. The first-order valence-corrected chi connectivity index (χ1v) is 7.35. The summed E-state index contributed by atoms with van der Waals surface area (Å²) in [5.41, 5.74) is 0.0609. The van der Waals surface area contributed by atoms with Gasteiger partial charge in [0.05, 0.1) is 10.5 Å². The molecule has 0 saturated carbocycles. The Morgan fingerprint density at radius 1 is 1.19 bits per heavy atom. The molecule has 0 amide bonds. The van der Waals surface area contributed by atoms with Crippen LogP contribution < -0.4 is 4.74 Å². The second-order valence-electron chi connectivity index (χ2n) is 4.25. The van der Waals surface area contributed by atoms with Crippen LogP contribution >= 0.6 is 11.8 Å². The zero-order valence-corrected chi connectivity index (χ0v) is 12.3. The Hall–Kier alpha value is -2.34. The second-order valence-corrected chi connectivity index (χ2v) is 5.09. The van der Waals surface area contributed by atoms with Gasteiger partial charge in [-0.15, -0.1) is 11.8 Å². The van der Waals surface area contributed by atoms with Crippen molar-refractivity contribution < 1.29 is 14.5 Å². The molecule has 0 unspecified atom stereocenters. The van der Waals surface area contributed by atoms with Crippen molar-refractivity contribution in [3.05, 3.63) is 58.1 Å². The van der Waals surface area contributed by atoms with Crippen LogP contribution in [0.3, 0.4) is 0 Å². The molecule has 2 aromatic rings. The number of ketones is 1. The van der Waals surface area contributed by atoms with Gasteiger partial charge in [0, 0.05) is 17.0 Å². The van der Waals surface area contributed by atoms with E-state index >= 15 is 0 Å². The minimum Gasteiger partial charge on any atom is -0.455 e. The van der Waals surface area contributed by atoms with Crippen LogP contribution in [-0.4, -0.2) is 17.0 Å². The molecule has 5 nitrogen and oxygen atoms in total. The van der Waals surface area contributed by atoms with Crippen LogP contribution in [0.2, 0.25) is 0 Å². The maximum absolute atomic E-state index is 11.7. The predicted octanol–water partition coefficient (Wildman–Crippen LogP) is 4.31. The van der Waals surface area contributed by atoms with Crippen LogP contribution in [0.25, 0.3) is 0 Å². The molecule has 0 aromatic heterocycles. The average Bonchev–Trinajstić information content (AvgIpc) is 2.47. The summed E-state index contributed by atoms with van der Waals surface area (Å²) in [5.74, 6) is 0.645. The molecule has 21 heavy (non-hydrogen) atoms. The van der Waals surface area contributed by atoms with Gasteiger partial charge in [-0.1, -0.05) is 12.1 Å². The van der Waals surface area contributed by atoms with Crippen molar-refractivity contribution in [3.63, 3.8) is 0 Å². The molecule has 0 N–H and O–H groups in total. The molecule has 0 aliphatic rings. The number of hydrogen-bond acceptors (Lipinski definition) is 5. The molecule has 0 fully saturated rings. The first-order chi connectivity index (χ1) is 10.0. The number of nitro benzene ring substituents is 1. The van der Waals surface area contributed by atoms with Gasteiger partial charge in [-0.3, -0.25) is 14.9 Å². The smallest absolute Gasteiger partial charge is 0.270 e. The molecule has 0 radical (unpaired) electrons. The van der Waals surface area contributed by atoms with E-state index in [0.29, 0.717) is 11.5 Å². The van der Waals surface area contributed by atoms with Gasteiger partial charge in [-0.2, -0.15) is 0 Å². The molecule has 108 valence electrons. The Bertz CT molecular complexity index is 700. The van der Waals surface area contributed by atoms with Crippen LogP contribution in [-0.2, 0) is 0 Å². The lowest BCUT2D eigenvalue weighted by molar-refractivity contribution is -0.384. The van der Waals surface area contributed by atoms with E-state index in [1.807, 2.05) is 24.5 Å². The molecule has 0 bridgehead atoms. The quantitative estimate of drug-likeness (QED) is 0.356. The first kappa shape index (κ1) is 15.1. The van der Waals surface area contributed by atoms with Crippen molar-refractivity contribution >= 4 is 23.2 Å². The molecule has 0 aliphatic heterocycles. The van der Waals surface area contributed by atoms with Crippen molar-refractivity contribution in [3.8, 4) is 11.5 Å². The highest BCUT2D eigenvalue weighted by Gasteiger charge is 2.16. The third-order valence-corrected chi connectivity index (χ3v) is 3.62. The van der Waals surface area contributed by atoms with Crippen LogP contribution in [0.4, 0.5) is 5.69 Å². The Kier molecular flexibility index (Phi) is 4.59. The number of carbonyl (C=O) groups is 1. The zero-order chi connectivity index (χ0) is 15.4. The van der Waals surface area contributed by atoms with Gasteiger partial charge in [0.2, 0.25) is 0 Å². The largest absolute Gasteiger partial charge is 0.455 e. The van der Waals surface area contributed by atoms with Gasteiger partial charge in [-0.25, -0.2) is 0 Å². The number of rotatable bonds is 5. The number of para-hydroxylation sites is 1. The highest BCUT2D eigenvalue weighted by Crippen LogP contribution is 2.34. The fourth-order valence-electron chi connectivity index (χ4n) is 1.82. The third kappa shape index (κ3) is 3.41. The fraction of sp³-hybridized carbons (Fsp3) is 0.133. The molecule has 0 spiro atoms. The summed E-state index contributed by atoms with van der Waals surface area (Å²) in [7, 11) is 0. The molecular formula is C15H13NO4S. The monoisotopic (exact) mass is 303 g/mol.